The van der Waals surface area contributed by atoms with Crippen LogP contribution in [0.15, 0.2) is 54.6 Å². The maximum absolute atomic E-state index is 13.2. The third-order valence-corrected chi connectivity index (χ3v) is 6.77. The van der Waals surface area contributed by atoms with Gasteiger partial charge in [-0.1, -0.05) is 36.4 Å². The Labute approximate surface area is 209 Å². The first kappa shape index (κ1) is 28.2. The van der Waals surface area contributed by atoms with Crippen LogP contribution in [0.5, 0.6) is 5.75 Å². The Morgan fingerprint density at radius 3 is 2.29 bits per heavy atom. The number of hydrogen-bond acceptors (Lipinski definition) is 5. The van der Waals surface area contributed by atoms with E-state index in [0.29, 0.717) is 30.8 Å². The SMILES string of the molecule is COc1cccc(N(CCCC(=O)N(CCc2ccccc2)[C@@H](C)C(=O)NC(C)C)S(C)(=O)=O)c1. The Hall–Kier alpha value is -3.07. The van der Waals surface area contributed by atoms with Crippen LogP contribution in [0.25, 0.3) is 0 Å². The Morgan fingerprint density at radius 1 is 1.00 bits per heavy atom. The van der Waals surface area contributed by atoms with Crippen molar-refractivity contribution >= 4 is 27.5 Å². The number of anilines is 1. The topological polar surface area (TPSA) is 96.0 Å². The summed E-state index contributed by atoms with van der Waals surface area (Å²) in [5, 5.41) is 2.87. The first-order valence-electron chi connectivity index (χ1n) is 11.8. The van der Waals surface area contributed by atoms with E-state index in [9.17, 15) is 18.0 Å². The fourth-order valence-electron chi connectivity index (χ4n) is 3.74. The minimum absolute atomic E-state index is 0.0396. The van der Waals surface area contributed by atoms with E-state index in [0.717, 1.165) is 11.8 Å². The van der Waals surface area contributed by atoms with Gasteiger partial charge in [0, 0.05) is 31.6 Å². The summed E-state index contributed by atoms with van der Waals surface area (Å²) in [6.45, 7) is 6.00. The molecule has 1 N–H and O–H groups in total. The quantitative estimate of drug-likeness (QED) is 0.453. The molecule has 0 saturated carbocycles. The number of benzene rings is 2. The van der Waals surface area contributed by atoms with E-state index in [2.05, 4.69) is 5.32 Å². The fourth-order valence-corrected chi connectivity index (χ4v) is 4.70. The molecule has 1 atom stereocenters. The lowest BCUT2D eigenvalue weighted by atomic mass is 10.1. The van der Waals surface area contributed by atoms with Crippen molar-refractivity contribution in [2.24, 2.45) is 0 Å². The van der Waals surface area contributed by atoms with Crippen LogP contribution in [0.1, 0.15) is 39.2 Å². The van der Waals surface area contributed by atoms with Crippen molar-refractivity contribution in [1.29, 1.82) is 0 Å². The second-order valence-corrected chi connectivity index (χ2v) is 10.7. The number of nitrogens with zero attached hydrogens (tertiary/aromatic N) is 2. The van der Waals surface area contributed by atoms with Gasteiger partial charge in [0.25, 0.3) is 0 Å². The first-order valence-corrected chi connectivity index (χ1v) is 13.6. The molecule has 2 aromatic carbocycles. The summed E-state index contributed by atoms with van der Waals surface area (Å²) >= 11 is 0. The van der Waals surface area contributed by atoms with Gasteiger partial charge in [0.05, 0.1) is 19.1 Å². The number of carbonyl (C=O) groups is 2. The average Bonchev–Trinajstić information content (AvgIpc) is 2.81. The molecule has 2 amide bonds. The van der Waals surface area contributed by atoms with E-state index < -0.39 is 16.1 Å². The highest BCUT2D eigenvalue weighted by Gasteiger charge is 2.26. The summed E-state index contributed by atoms with van der Waals surface area (Å²) in [5.74, 6) is 0.145. The molecule has 2 rings (SSSR count). The lowest BCUT2D eigenvalue weighted by Crippen LogP contribution is -2.50. The van der Waals surface area contributed by atoms with Gasteiger partial charge in [0.1, 0.15) is 11.8 Å². The fraction of sp³-hybridized carbons (Fsp3) is 0.462. The second-order valence-electron chi connectivity index (χ2n) is 8.80. The number of nitrogens with one attached hydrogen (secondary N) is 1. The highest BCUT2D eigenvalue weighted by molar-refractivity contribution is 7.92. The molecular formula is C26H37N3O5S. The molecule has 0 radical (unpaired) electrons. The van der Waals surface area contributed by atoms with Crippen molar-refractivity contribution in [3.05, 3.63) is 60.2 Å². The van der Waals surface area contributed by atoms with Gasteiger partial charge >= 0.3 is 0 Å². The molecular weight excluding hydrogens is 466 g/mol. The van der Waals surface area contributed by atoms with E-state index in [1.165, 1.54) is 11.4 Å². The molecule has 0 unspecified atom stereocenters. The molecule has 0 heterocycles. The van der Waals surface area contributed by atoms with Crippen LogP contribution in [-0.4, -0.2) is 63.7 Å². The highest BCUT2D eigenvalue weighted by atomic mass is 32.2. The average molecular weight is 504 g/mol. The third kappa shape index (κ3) is 8.90. The minimum Gasteiger partial charge on any atom is -0.497 e. The normalized spacial score (nSPS) is 12.2. The lowest BCUT2D eigenvalue weighted by molar-refractivity contribution is -0.140. The molecule has 0 saturated heterocycles. The number of ether oxygens (including phenoxy) is 1. The molecule has 35 heavy (non-hydrogen) atoms. The van der Waals surface area contributed by atoms with E-state index in [4.69, 9.17) is 4.74 Å². The van der Waals surface area contributed by atoms with Crippen LogP contribution in [0.4, 0.5) is 5.69 Å². The lowest BCUT2D eigenvalue weighted by Gasteiger charge is -2.30. The van der Waals surface area contributed by atoms with Gasteiger partial charge in [-0.2, -0.15) is 0 Å². The Kier molecular flexibility index (Phi) is 10.6. The van der Waals surface area contributed by atoms with E-state index >= 15 is 0 Å². The van der Waals surface area contributed by atoms with Crippen LogP contribution < -0.4 is 14.4 Å². The summed E-state index contributed by atoms with van der Waals surface area (Å²) in [6, 6.07) is 15.9. The molecule has 0 aliphatic heterocycles. The second kappa shape index (κ2) is 13.1. The van der Waals surface area contributed by atoms with Crippen molar-refractivity contribution in [1.82, 2.24) is 10.2 Å². The standard InChI is InChI=1S/C26H37N3O5S/c1-20(2)27-26(31)21(3)28(18-16-22-11-7-6-8-12-22)25(30)15-10-17-29(35(5,32)33)23-13-9-14-24(19-23)34-4/h6-9,11-14,19-21H,10,15-18H2,1-5H3,(H,27,31)/t21-/m0/s1. The smallest absolute Gasteiger partial charge is 0.242 e. The van der Waals surface area contributed by atoms with Gasteiger partial charge in [-0.15, -0.1) is 0 Å². The molecule has 0 fully saturated rings. The number of carbonyl (C=O) groups excluding carboxylic acids is 2. The van der Waals surface area contributed by atoms with Crippen molar-refractivity contribution < 1.29 is 22.7 Å². The summed E-state index contributed by atoms with van der Waals surface area (Å²) in [4.78, 5) is 27.5. The van der Waals surface area contributed by atoms with Crippen molar-refractivity contribution in [3.8, 4) is 5.75 Å². The van der Waals surface area contributed by atoms with Crippen LogP contribution >= 0.6 is 0 Å². The van der Waals surface area contributed by atoms with Gasteiger partial charge < -0.3 is 15.0 Å². The monoisotopic (exact) mass is 503 g/mol. The molecule has 0 bridgehead atoms. The van der Waals surface area contributed by atoms with Gasteiger partial charge in [-0.3, -0.25) is 13.9 Å². The summed E-state index contributed by atoms with van der Waals surface area (Å²) in [5.41, 5.74) is 1.55. The summed E-state index contributed by atoms with van der Waals surface area (Å²) in [6.07, 6.45) is 2.18. The number of methoxy groups -OCH3 is 1. The predicted octanol–water partition coefficient (Wildman–Crippen LogP) is 3.23. The highest BCUT2D eigenvalue weighted by Crippen LogP contribution is 2.23. The first-order chi connectivity index (χ1) is 16.5. The van der Waals surface area contributed by atoms with E-state index in [1.807, 2.05) is 44.2 Å². The third-order valence-electron chi connectivity index (χ3n) is 5.58. The summed E-state index contributed by atoms with van der Waals surface area (Å²) < 4.78 is 31.4. The largest absolute Gasteiger partial charge is 0.497 e. The summed E-state index contributed by atoms with van der Waals surface area (Å²) in [7, 11) is -2.04. The zero-order chi connectivity index (χ0) is 26.0. The van der Waals surface area contributed by atoms with Crippen LogP contribution in [0.2, 0.25) is 0 Å². The number of rotatable bonds is 13. The predicted molar refractivity (Wildman–Crippen MR) is 139 cm³/mol. The number of amides is 2. The molecule has 8 nitrogen and oxygen atoms in total. The van der Waals surface area contributed by atoms with Crippen molar-refractivity contribution in [2.45, 2.75) is 52.1 Å². The molecule has 0 aliphatic rings. The zero-order valence-corrected chi connectivity index (χ0v) is 22.0. The van der Waals surface area contributed by atoms with Gasteiger partial charge in [0.2, 0.25) is 21.8 Å². The maximum atomic E-state index is 13.2. The van der Waals surface area contributed by atoms with Gasteiger partial charge in [-0.25, -0.2) is 8.42 Å². The number of hydrogen-bond donors (Lipinski definition) is 1. The minimum atomic E-state index is -3.56. The van der Waals surface area contributed by atoms with Gasteiger partial charge in [0.15, 0.2) is 0 Å². The Balaban J connectivity index is 2.12. The van der Waals surface area contributed by atoms with Crippen molar-refractivity contribution in [3.63, 3.8) is 0 Å². The zero-order valence-electron chi connectivity index (χ0n) is 21.2. The molecule has 0 aromatic heterocycles. The van der Waals surface area contributed by atoms with Crippen LogP contribution in [0.3, 0.4) is 0 Å². The Bertz CT molecular complexity index is 1070. The molecule has 0 spiro atoms. The molecule has 192 valence electrons. The molecule has 9 heteroatoms. The maximum Gasteiger partial charge on any atom is 0.242 e. The molecule has 0 aliphatic carbocycles. The van der Waals surface area contributed by atoms with E-state index in [1.54, 1.807) is 36.1 Å². The van der Waals surface area contributed by atoms with Crippen LogP contribution in [0, 0.1) is 0 Å². The Morgan fingerprint density at radius 2 is 1.69 bits per heavy atom. The van der Waals surface area contributed by atoms with Crippen molar-refractivity contribution in [2.75, 3.05) is 30.8 Å². The van der Waals surface area contributed by atoms with Gasteiger partial charge in [-0.05, 0) is 51.3 Å². The van der Waals surface area contributed by atoms with E-state index in [-0.39, 0.29) is 30.8 Å². The van der Waals surface area contributed by atoms with Crippen LogP contribution in [-0.2, 0) is 26.0 Å². The number of sulfonamides is 1. The molecule has 2 aromatic rings.